The van der Waals surface area contributed by atoms with E-state index in [1.807, 2.05) is 18.2 Å². The first kappa shape index (κ1) is 12.2. The minimum atomic E-state index is -0.798. The Morgan fingerprint density at radius 2 is 1.93 bits per heavy atom. The van der Waals surface area contributed by atoms with Crippen molar-refractivity contribution in [1.82, 2.24) is 0 Å². The first-order chi connectivity index (χ1) is 6.79. The van der Waals surface area contributed by atoms with Crippen LogP contribution in [0.2, 0.25) is 0 Å². The number of benzene rings is 1. The van der Waals surface area contributed by atoms with Gasteiger partial charge in [0.2, 0.25) is 0 Å². The number of carboxylic acid groups (broad SMARTS) is 1. The minimum Gasteiger partial charge on any atom is -0.481 e. The molecule has 1 aromatic carbocycles. The zero-order valence-corrected chi connectivity index (χ0v) is 10.8. The highest BCUT2D eigenvalue weighted by molar-refractivity contribution is 9.10. The summed E-state index contributed by atoms with van der Waals surface area (Å²) in [6.07, 6.45) is 0.0719. The predicted octanol–water partition coefficient (Wildman–Crippen LogP) is 3.37. The molecular weight excluding hydrogens is 256 g/mol. The maximum absolute atomic E-state index is 10.6. The van der Waals surface area contributed by atoms with Crippen LogP contribution in [0.5, 0.6) is 0 Å². The second-order valence-corrected chi connectivity index (χ2v) is 5.58. The fourth-order valence-electron chi connectivity index (χ4n) is 1.36. The van der Waals surface area contributed by atoms with Crippen molar-refractivity contribution >= 4 is 21.9 Å². The van der Waals surface area contributed by atoms with Gasteiger partial charge in [0, 0.05) is 4.47 Å². The predicted molar refractivity (Wildman–Crippen MR) is 64.2 cm³/mol. The van der Waals surface area contributed by atoms with E-state index in [1.54, 1.807) is 0 Å². The Hall–Kier alpha value is -0.830. The molecule has 15 heavy (non-hydrogen) atoms. The monoisotopic (exact) mass is 270 g/mol. The number of rotatable bonds is 2. The van der Waals surface area contributed by atoms with E-state index in [0.29, 0.717) is 0 Å². The Labute approximate surface area is 98.4 Å². The van der Waals surface area contributed by atoms with Crippen LogP contribution in [-0.2, 0) is 16.6 Å². The SMILES string of the molecule is CC(C)(C)c1cc(Br)cc(CC(=O)O)c1. The highest BCUT2D eigenvalue weighted by atomic mass is 79.9. The first-order valence-electron chi connectivity index (χ1n) is 4.81. The summed E-state index contributed by atoms with van der Waals surface area (Å²) in [5, 5.41) is 8.74. The topological polar surface area (TPSA) is 37.3 Å². The fourth-order valence-corrected chi connectivity index (χ4v) is 1.90. The molecule has 0 saturated carbocycles. The van der Waals surface area contributed by atoms with E-state index in [9.17, 15) is 4.79 Å². The van der Waals surface area contributed by atoms with Crippen molar-refractivity contribution in [3.63, 3.8) is 0 Å². The van der Waals surface area contributed by atoms with Gasteiger partial charge in [0.25, 0.3) is 0 Å². The zero-order chi connectivity index (χ0) is 11.6. The molecular formula is C12H15BrO2. The maximum Gasteiger partial charge on any atom is 0.307 e. The Bertz CT molecular complexity index is 378. The molecule has 0 saturated heterocycles. The van der Waals surface area contributed by atoms with Gasteiger partial charge in [-0.25, -0.2) is 0 Å². The van der Waals surface area contributed by atoms with Gasteiger partial charge in [-0.2, -0.15) is 0 Å². The summed E-state index contributed by atoms with van der Waals surface area (Å²) in [6.45, 7) is 6.33. The normalized spacial score (nSPS) is 11.5. The minimum absolute atomic E-state index is 0.0387. The van der Waals surface area contributed by atoms with Crippen LogP contribution in [0.1, 0.15) is 31.9 Å². The summed E-state index contributed by atoms with van der Waals surface area (Å²) in [5.74, 6) is -0.798. The molecule has 0 unspecified atom stereocenters. The molecule has 1 N–H and O–H groups in total. The number of halogens is 1. The second-order valence-electron chi connectivity index (χ2n) is 4.67. The molecule has 0 amide bonds. The molecule has 1 rings (SSSR count). The average Bonchev–Trinajstić information content (AvgIpc) is 1.99. The largest absolute Gasteiger partial charge is 0.481 e. The summed E-state index contributed by atoms with van der Waals surface area (Å²) < 4.78 is 0.936. The van der Waals surface area contributed by atoms with Gasteiger partial charge in [0.15, 0.2) is 0 Å². The van der Waals surface area contributed by atoms with Crippen molar-refractivity contribution in [2.45, 2.75) is 32.6 Å². The van der Waals surface area contributed by atoms with Gasteiger partial charge in [0.1, 0.15) is 0 Å². The van der Waals surface area contributed by atoms with Crippen LogP contribution in [0.3, 0.4) is 0 Å². The molecule has 0 radical (unpaired) electrons. The van der Waals surface area contributed by atoms with E-state index >= 15 is 0 Å². The van der Waals surface area contributed by atoms with Crippen LogP contribution >= 0.6 is 15.9 Å². The molecule has 0 aliphatic carbocycles. The Morgan fingerprint density at radius 1 is 1.33 bits per heavy atom. The molecule has 0 atom stereocenters. The van der Waals surface area contributed by atoms with E-state index in [1.165, 1.54) is 0 Å². The third-order valence-electron chi connectivity index (χ3n) is 2.18. The van der Waals surface area contributed by atoms with Gasteiger partial charge in [-0.15, -0.1) is 0 Å². The lowest BCUT2D eigenvalue weighted by Crippen LogP contribution is -2.12. The number of carboxylic acids is 1. The van der Waals surface area contributed by atoms with E-state index in [0.717, 1.165) is 15.6 Å². The molecule has 0 spiro atoms. The van der Waals surface area contributed by atoms with Crippen molar-refractivity contribution in [1.29, 1.82) is 0 Å². The van der Waals surface area contributed by atoms with Crippen molar-refractivity contribution < 1.29 is 9.90 Å². The number of hydrogen-bond donors (Lipinski definition) is 1. The Kier molecular flexibility index (Phi) is 3.55. The highest BCUT2D eigenvalue weighted by Gasteiger charge is 2.15. The van der Waals surface area contributed by atoms with E-state index in [-0.39, 0.29) is 11.8 Å². The molecule has 3 heteroatoms. The average molecular weight is 271 g/mol. The quantitative estimate of drug-likeness (QED) is 0.895. The molecule has 0 aliphatic rings. The van der Waals surface area contributed by atoms with Gasteiger partial charge < -0.3 is 5.11 Å². The van der Waals surface area contributed by atoms with Crippen LogP contribution < -0.4 is 0 Å². The lowest BCUT2D eigenvalue weighted by atomic mass is 9.86. The molecule has 82 valence electrons. The van der Waals surface area contributed by atoms with Crippen LogP contribution in [0.25, 0.3) is 0 Å². The van der Waals surface area contributed by atoms with Crippen molar-refractivity contribution in [3.8, 4) is 0 Å². The summed E-state index contributed by atoms with van der Waals surface area (Å²) in [5.41, 5.74) is 2.02. The molecule has 2 nitrogen and oxygen atoms in total. The van der Waals surface area contributed by atoms with Gasteiger partial charge in [-0.05, 0) is 28.7 Å². The van der Waals surface area contributed by atoms with Crippen molar-refractivity contribution in [3.05, 3.63) is 33.8 Å². The Balaban J connectivity index is 3.11. The molecule has 0 bridgehead atoms. The highest BCUT2D eigenvalue weighted by Crippen LogP contribution is 2.26. The van der Waals surface area contributed by atoms with E-state index in [4.69, 9.17) is 5.11 Å². The van der Waals surface area contributed by atoms with Crippen LogP contribution in [0, 0.1) is 0 Å². The summed E-state index contributed by atoms with van der Waals surface area (Å²) in [6, 6.07) is 5.84. The summed E-state index contributed by atoms with van der Waals surface area (Å²) in [7, 11) is 0. The lowest BCUT2D eigenvalue weighted by molar-refractivity contribution is -0.136. The third kappa shape index (κ3) is 3.67. The molecule has 0 aliphatic heterocycles. The van der Waals surface area contributed by atoms with Gasteiger partial charge >= 0.3 is 5.97 Å². The van der Waals surface area contributed by atoms with E-state index < -0.39 is 5.97 Å². The second kappa shape index (κ2) is 4.35. The molecule has 1 aromatic rings. The zero-order valence-electron chi connectivity index (χ0n) is 9.17. The summed E-state index contributed by atoms with van der Waals surface area (Å²) >= 11 is 3.40. The maximum atomic E-state index is 10.6. The number of hydrogen-bond acceptors (Lipinski definition) is 1. The third-order valence-corrected chi connectivity index (χ3v) is 2.64. The summed E-state index contributed by atoms with van der Waals surface area (Å²) in [4.78, 5) is 10.6. The first-order valence-corrected chi connectivity index (χ1v) is 5.60. The molecule has 0 heterocycles. The van der Waals surface area contributed by atoms with Crippen LogP contribution in [-0.4, -0.2) is 11.1 Å². The standard InChI is InChI=1S/C12H15BrO2/c1-12(2,3)9-4-8(6-11(14)15)5-10(13)7-9/h4-5,7H,6H2,1-3H3,(H,14,15). The van der Waals surface area contributed by atoms with Gasteiger partial charge in [0.05, 0.1) is 6.42 Å². The van der Waals surface area contributed by atoms with Gasteiger partial charge in [-0.3, -0.25) is 4.79 Å². The van der Waals surface area contributed by atoms with Crippen LogP contribution in [0.15, 0.2) is 22.7 Å². The van der Waals surface area contributed by atoms with E-state index in [2.05, 4.69) is 36.7 Å². The van der Waals surface area contributed by atoms with Crippen molar-refractivity contribution in [2.24, 2.45) is 0 Å². The lowest BCUT2D eigenvalue weighted by Gasteiger charge is -2.20. The van der Waals surface area contributed by atoms with Crippen LogP contribution in [0.4, 0.5) is 0 Å². The number of aliphatic carboxylic acids is 1. The van der Waals surface area contributed by atoms with Gasteiger partial charge in [-0.1, -0.05) is 42.8 Å². The number of carbonyl (C=O) groups is 1. The van der Waals surface area contributed by atoms with Crippen molar-refractivity contribution in [2.75, 3.05) is 0 Å². The fraction of sp³-hybridized carbons (Fsp3) is 0.417. The molecule has 0 fully saturated rings. The smallest absolute Gasteiger partial charge is 0.307 e. The molecule has 0 aromatic heterocycles. The Morgan fingerprint density at radius 3 is 2.40 bits per heavy atom.